The Morgan fingerprint density at radius 1 is 1.20 bits per heavy atom. The van der Waals surface area contributed by atoms with Gasteiger partial charge in [0.25, 0.3) is 0 Å². The molecule has 1 amide bonds. The Hall–Kier alpha value is -1.95. The number of aromatic nitrogens is 2. The fraction of sp³-hybridized carbons (Fsp3) is 0.111. The van der Waals surface area contributed by atoms with Crippen LogP contribution in [0.1, 0.15) is 5.56 Å². The number of benzene rings is 2. The molecule has 0 saturated carbocycles. The first kappa shape index (κ1) is 17.9. The zero-order valence-corrected chi connectivity index (χ0v) is 15.7. The molecule has 1 N–H and O–H groups in total. The van der Waals surface area contributed by atoms with Crippen LogP contribution in [0.2, 0.25) is 10.0 Å². The molecular formula is C18H15Cl2N3OS. The quantitative estimate of drug-likeness (QED) is 0.606. The number of aryl methyl sites for hydroxylation is 1. The second-order valence-electron chi connectivity index (χ2n) is 5.30. The molecule has 25 heavy (non-hydrogen) atoms. The number of carbonyl (C=O) groups excluding carboxylic acids is 1. The van der Waals surface area contributed by atoms with Gasteiger partial charge in [-0.2, -0.15) is 0 Å². The topological polar surface area (TPSA) is 46.9 Å². The predicted molar refractivity (Wildman–Crippen MR) is 104 cm³/mol. The molecule has 0 atom stereocenters. The summed E-state index contributed by atoms with van der Waals surface area (Å²) in [6.45, 7) is 2.04. The van der Waals surface area contributed by atoms with Gasteiger partial charge in [-0.05, 0) is 30.7 Å². The second kappa shape index (κ2) is 7.95. The monoisotopic (exact) mass is 391 g/mol. The summed E-state index contributed by atoms with van der Waals surface area (Å²) in [5.74, 6) is 0.0413. The lowest BCUT2D eigenvalue weighted by Crippen LogP contribution is -2.15. The molecule has 1 heterocycles. The van der Waals surface area contributed by atoms with E-state index in [1.54, 1.807) is 24.4 Å². The van der Waals surface area contributed by atoms with Crippen molar-refractivity contribution in [1.82, 2.24) is 9.55 Å². The molecule has 1 aromatic heterocycles. The number of hydrogen-bond donors (Lipinski definition) is 1. The first-order chi connectivity index (χ1) is 12.1. The Kier molecular flexibility index (Phi) is 5.68. The highest BCUT2D eigenvalue weighted by molar-refractivity contribution is 7.99. The van der Waals surface area contributed by atoms with Gasteiger partial charge in [0.1, 0.15) is 0 Å². The summed E-state index contributed by atoms with van der Waals surface area (Å²) in [6.07, 6.45) is 3.61. The summed E-state index contributed by atoms with van der Waals surface area (Å²) in [6, 6.07) is 13.2. The zero-order chi connectivity index (χ0) is 17.8. The lowest BCUT2D eigenvalue weighted by atomic mass is 10.2. The highest BCUT2D eigenvalue weighted by Crippen LogP contribution is 2.30. The van der Waals surface area contributed by atoms with Crippen LogP contribution in [0.4, 0.5) is 5.69 Å². The van der Waals surface area contributed by atoms with Crippen molar-refractivity contribution in [3.05, 3.63) is 70.5 Å². The third-order valence-corrected chi connectivity index (χ3v) is 5.33. The van der Waals surface area contributed by atoms with Gasteiger partial charge >= 0.3 is 0 Å². The fourth-order valence-corrected chi connectivity index (χ4v) is 3.44. The molecule has 0 aliphatic heterocycles. The van der Waals surface area contributed by atoms with Crippen molar-refractivity contribution < 1.29 is 4.79 Å². The number of para-hydroxylation sites is 1. The predicted octanol–water partition coefficient (Wildman–Crippen LogP) is 5.22. The van der Waals surface area contributed by atoms with Crippen LogP contribution in [0.15, 0.2) is 60.0 Å². The van der Waals surface area contributed by atoms with E-state index in [4.69, 9.17) is 23.2 Å². The SMILES string of the molecule is Cc1ccccc1-n1ccnc1SCC(=O)Nc1cccc(Cl)c1Cl. The molecule has 0 unspecified atom stereocenters. The molecule has 3 rings (SSSR count). The Morgan fingerprint density at radius 2 is 2.00 bits per heavy atom. The second-order valence-corrected chi connectivity index (χ2v) is 7.03. The maximum Gasteiger partial charge on any atom is 0.234 e. The number of imidazole rings is 1. The average Bonchev–Trinajstić information content (AvgIpc) is 3.06. The Balaban J connectivity index is 1.69. The molecule has 128 valence electrons. The molecule has 0 spiro atoms. The van der Waals surface area contributed by atoms with Crippen molar-refractivity contribution in [3.63, 3.8) is 0 Å². The fourth-order valence-electron chi connectivity index (χ4n) is 2.33. The number of nitrogens with one attached hydrogen (secondary N) is 1. The van der Waals surface area contributed by atoms with E-state index in [9.17, 15) is 4.79 Å². The van der Waals surface area contributed by atoms with Crippen molar-refractivity contribution in [2.75, 3.05) is 11.1 Å². The van der Waals surface area contributed by atoms with Crippen LogP contribution < -0.4 is 5.32 Å². The summed E-state index contributed by atoms with van der Waals surface area (Å²) >= 11 is 13.4. The third-order valence-electron chi connectivity index (χ3n) is 3.54. The van der Waals surface area contributed by atoms with Gasteiger partial charge < -0.3 is 5.32 Å². The standard InChI is InChI=1S/C18H15Cl2N3OS/c1-12-5-2-3-8-15(12)23-10-9-21-18(23)25-11-16(24)22-14-7-4-6-13(19)17(14)20/h2-10H,11H2,1H3,(H,22,24). The van der Waals surface area contributed by atoms with Crippen LogP contribution in [0.5, 0.6) is 0 Å². The van der Waals surface area contributed by atoms with Crippen LogP contribution in [0.25, 0.3) is 5.69 Å². The van der Waals surface area contributed by atoms with Crippen LogP contribution >= 0.6 is 35.0 Å². The maximum atomic E-state index is 12.2. The van der Waals surface area contributed by atoms with Crippen molar-refractivity contribution in [3.8, 4) is 5.69 Å². The highest BCUT2D eigenvalue weighted by atomic mass is 35.5. The van der Waals surface area contributed by atoms with Crippen molar-refractivity contribution in [1.29, 1.82) is 0 Å². The average molecular weight is 392 g/mol. The molecule has 0 saturated heterocycles. The smallest absolute Gasteiger partial charge is 0.234 e. The molecule has 0 radical (unpaired) electrons. The minimum absolute atomic E-state index is 0.173. The van der Waals surface area contributed by atoms with Crippen molar-refractivity contribution >= 4 is 46.6 Å². The number of thioether (sulfide) groups is 1. The molecular weight excluding hydrogens is 377 g/mol. The van der Waals surface area contributed by atoms with E-state index in [1.165, 1.54) is 11.8 Å². The van der Waals surface area contributed by atoms with Gasteiger partial charge in [-0.25, -0.2) is 4.98 Å². The zero-order valence-electron chi connectivity index (χ0n) is 13.4. The summed E-state index contributed by atoms with van der Waals surface area (Å²) in [4.78, 5) is 16.6. The first-order valence-electron chi connectivity index (χ1n) is 7.52. The summed E-state index contributed by atoms with van der Waals surface area (Å²) in [7, 11) is 0. The van der Waals surface area contributed by atoms with E-state index in [-0.39, 0.29) is 11.7 Å². The molecule has 0 aliphatic carbocycles. The third kappa shape index (κ3) is 4.18. The Bertz CT molecular complexity index is 911. The molecule has 4 nitrogen and oxygen atoms in total. The Labute approximate surface area is 160 Å². The van der Waals surface area contributed by atoms with Crippen LogP contribution in [0, 0.1) is 6.92 Å². The number of hydrogen-bond acceptors (Lipinski definition) is 3. The van der Waals surface area contributed by atoms with Crippen molar-refractivity contribution in [2.24, 2.45) is 0 Å². The number of nitrogens with zero attached hydrogens (tertiary/aromatic N) is 2. The number of carbonyl (C=O) groups is 1. The van der Waals surface area contributed by atoms with Gasteiger partial charge in [-0.15, -0.1) is 0 Å². The lowest BCUT2D eigenvalue weighted by molar-refractivity contribution is -0.113. The van der Waals surface area contributed by atoms with Crippen LogP contribution in [-0.2, 0) is 4.79 Å². The summed E-state index contributed by atoms with van der Waals surface area (Å²) < 4.78 is 1.97. The summed E-state index contributed by atoms with van der Waals surface area (Å²) in [5, 5.41) is 4.26. The number of rotatable bonds is 5. The lowest BCUT2D eigenvalue weighted by Gasteiger charge is -2.11. The highest BCUT2D eigenvalue weighted by Gasteiger charge is 2.12. The van der Waals surface area contributed by atoms with Crippen LogP contribution in [0.3, 0.4) is 0 Å². The Morgan fingerprint density at radius 3 is 2.80 bits per heavy atom. The molecule has 0 aliphatic rings. The number of halogens is 2. The molecule has 0 fully saturated rings. The molecule has 2 aromatic carbocycles. The van der Waals surface area contributed by atoms with E-state index in [2.05, 4.69) is 10.3 Å². The maximum absolute atomic E-state index is 12.2. The normalized spacial score (nSPS) is 10.7. The van der Waals surface area contributed by atoms with Gasteiger partial charge in [0.15, 0.2) is 5.16 Å². The number of amides is 1. The van der Waals surface area contributed by atoms with Gasteiger partial charge in [-0.3, -0.25) is 9.36 Å². The summed E-state index contributed by atoms with van der Waals surface area (Å²) in [5.41, 5.74) is 2.68. The minimum Gasteiger partial charge on any atom is -0.324 e. The van der Waals surface area contributed by atoms with E-state index < -0.39 is 0 Å². The molecule has 0 bridgehead atoms. The van der Waals surface area contributed by atoms with E-state index in [1.807, 2.05) is 42.0 Å². The van der Waals surface area contributed by atoms with Gasteiger partial charge in [-0.1, -0.05) is 59.2 Å². The van der Waals surface area contributed by atoms with E-state index in [0.29, 0.717) is 15.7 Å². The minimum atomic E-state index is -0.173. The largest absolute Gasteiger partial charge is 0.324 e. The molecule has 3 aromatic rings. The number of anilines is 1. The van der Waals surface area contributed by atoms with Crippen molar-refractivity contribution in [2.45, 2.75) is 12.1 Å². The van der Waals surface area contributed by atoms with E-state index >= 15 is 0 Å². The molecule has 7 heteroatoms. The van der Waals surface area contributed by atoms with Gasteiger partial charge in [0.2, 0.25) is 5.91 Å². The van der Waals surface area contributed by atoms with Gasteiger partial charge in [0.05, 0.1) is 27.2 Å². The van der Waals surface area contributed by atoms with E-state index in [0.717, 1.165) is 16.4 Å². The first-order valence-corrected chi connectivity index (χ1v) is 9.26. The van der Waals surface area contributed by atoms with Gasteiger partial charge in [0, 0.05) is 12.4 Å². The van der Waals surface area contributed by atoms with Crippen LogP contribution in [-0.4, -0.2) is 21.2 Å².